The van der Waals surface area contributed by atoms with Gasteiger partial charge in [-0.1, -0.05) is 27.7 Å². The van der Waals surface area contributed by atoms with Crippen LogP contribution in [0.1, 0.15) is 58.3 Å². The number of primary amides is 1. The standard InChI is InChI=1S/C14H26N4O/c1-7-9(2)16-11(13(15)19)10-8-18(6)17-12(10)14(3,4)5/h8-9,11,16H,7H2,1-6H3,(H2,15,19). The third kappa shape index (κ3) is 3.80. The highest BCUT2D eigenvalue weighted by molar-refractivity contribution is 5.81. The molecule has 108 valence electrons. The van der Waals surface area contributed by atoms with Gasteiger partial charge >= 0.3 is 0 Å². The Labute approximate surface area is 115 Å². The van der Waals surface area contributed by atoms with Gasteiger partial charge < -0.3 is 5.73 Å². The van der Waals surface area contributed by atoms with E-state index < -0.39 is 6.04 Å². The van der Waals surface area contributed by atoms with E-state index in [2.05, 4.69) is 38.1 Å². The van der Waals surface area contributed by atoms with Crippen molar-refractivity contribution in [2.24, 2.45) is 12.8 Å². The molecule has 0 radical (unpaired) electrons. The summed E-state index contributed by atoms with van der Waals surface area (Å²) < 4.78 is 1.74. The van der Waals surface area contributed by atoms with Crippen LogP contribution in [0, 0.1) is 0 Å². The largest absolute Gasteiger partial charge is 0.368 e. The van der Waals surface area contributed by atoms with Crippen molar-refractivity contribution in [1.29, 1.82) is 0 Å². The molecule has 0 aromatic carbocycles. The van der Waals surface area contributed by atoms with E-state index in [1.165, 1.54) is 0 Å². The number of nitrogens with one attached hydrogen (secondary N) is 1. The van der Waals surface area contributed by atoms with Crippen LogP contribution < -0.4 is 11.1 Å². The quantitative estimate of drug-likeness (QED) is 0.850. The average molecular weight is 266 g/mol. The predicted molar refractivity (Wildman–Crippen MR) is 76.7 cm³/mol. The van der Waals surface area contributed by atoms with E-state index in [0.29, 0.717) is 0 Å². The van der Waals surface area contributed by atoms with Crippen molar-refractivity contribution in [3.8, 4) is 0 Å². The summed E-state index contributed by atoms with van der Waals surface area (Å²) in [5.41, 5.74) is 7.22. The topological polar surface area (TPSA) is 72.9 Å². The van der Waals surface area contributed by atoms with Crippen molar-refractivity contribution >= 4 is 5.91 Å². The van der Waals surface area contributed by atoms with Gasteiger partial charge in [-0.2, -0.15) is 5.10 Å². The molecule has 5 heteroatoms. The van der Waals surface area contributed by atoms with E-state index in [1.807, 2.05) is 20.2 Å². The molecule has 0 aliphatic heterocycles. The van der Waals surface area contributed by atoms with Crippen LogP contribution in [-0.4, -0.2) is 21.7 Å². The Balaban J connectivity index is 3.20. The molecule has 0 aliphatic rings. The smallest absolute Gasteiger partial charge is 0.239 e. The van der Waals surface area contributed by atoms with Gasteiger partial charge in [0.1, 0.15) is 6.04 Å². The summed E-state index contributed by atoms with van der Waals surface area (Å²) in [7, 11) is 1.86. The highest BCUT2D eigenvalue weighted by Crippen LogP contribution is 2.28. The number of rotatable bonds is 5. The summed E-state index contributed by atoms with van der Waals surface area (Å²) in [6.07, 6.45) is 2.82. The van der Waals surface area contributed by atoms with Gasteiger partial charge in [0.25, 0.3) is 0 Å². The first-order valence-corrected chi connectivity index (χ1v) is 6.76. The molecule has 5 nitrogen and oxygen atoms in total. The van der Waals surface area contributed by atoms with Crippen LogP contribution in [0.25, 0.3) is 0 Å². The van der Waals surface area contributed by atoms with Crippen LogP contribution >= 0.6 is 0 Å². The van der Waals surface area contributed by atoms with Crippen LogP contribution in [0.15, 0.2) is 6.20 Å². The zero-order valence-corrected chi connectivity index (χ0v) is 12.8. The van der Waals surface area contributed by atoms with E-state index in [9.17, 15) is 4.79 Å². The van der Waals surface area contributed by atoms with E-state index in [1.54, 1.807) is 4.68 Å². The van der Waals surface area contributed by atoms with E-state index in [0.717, 1.165) is 17.7 Å². The summed E-state index contributed by atoms with van der Waals surface area (Å²) in [5.74, 6) is -0.362. The van der Waals surface area contributed by atoms with Crippen LogP contribution in [0.3, 0.4) is 0 Å². The number of carbonyl (C=O) groups excluding carboxylic acids is 1. The zero-order valence-electron chi connectivity index (χ0n) is 12.8. The maximum absolute atomic E-state index is 11.8. The first-order chi connectivity index (χ1) is 8.66. The Morgan fingerprint density at radius 3 is 2.53 bits per heavy atom. The minimum absolute atomic E-state index is 0.124. The minimum atomic E-state index is -0.488. The van der Waals surface area contributed by atoms with Crippen molar-refractivity contribution in [2.75, 3.05) is 0 Å². The van der Waals surface area contributed by atoms with Crippen LogP contribution in [0.2, 0.25) is 0 Å². The molecule has 0 bridgehead atoms. The molecule has 0 aliphatic carbocycles. The van der Waals surface area contributed by atoms with Gasteiger partial charge in [0.2, 0.25) is 5.91 Å². The van der Waals surface area contributed by atoms with Crippen molar-refractivity contribution in [2.45, 2.75) is 58.5 Å². The Hall–Kier alpha value is -1.36. The van der Waals surface area contributed by atoms with Gasteiger partial charge in [0.05, 0.1) is 5.69 Å². The summed E-state index contributed by atoms with van der Waals surface area (Å²) in [6, 6.07) is -0.261. The Bertz CT molecular complexity index is 445. The van der Waals surface area contributed by atoms with E-state index >= 15 is 0 Å². The Kier molecular flexibility index (Phi) is 4.74. The molecule has 1 rings (SSSR count). The second-order valence-electron chi connectivity index (χ2n) is 6.17. The summed E-state index contributed by atoms with van der Waals surface area (Å²) in [4.78, 5) is 11.8. The lowest BCUT2D eigenvalue weighted by Gasteiger charge is -2.24. The summed E-state index contributed by atoms with van der Waals surface area (Å²) in [6.45, 7) is 10.4. The van der Waals surface area contributed by atoms with Gasteiger partial charge in [-0.3, -0.25) is 14.8 Å². The first kappa shape index (κ1) is 15.7. The predicted octanol–water partition coefficient (Wildman–Crippen LogP) is 1.63. The van der Waals surface area contributed by atoms with Gasteiger partial charge in [0.15, 0.2) is 0 Å². The fourth-order valence-corrected chi connectivity index (χ4v) is 2.03. The summed E-state index contributed by atoms with van der Waals surface area (Å²) in [5, 5.41) is 7.77. The molecule has 0 saturated carbocycles. The first-order valence-electron chi connectivity index (χ1n) is 6.76. The molecule has 2 atom stereocenters. The fraction of sp³-hybridized carbons (Fsp3) is 0.714. The highest BCUT2D eigenvalue weighted by atomic mass is 16.1. The van der Waals surface area contributed by atoms with Gasteiger partial charge in [-0.05, 0) is 13.3 Å². The molecule has 0 spiro atoms. The SMILES string of the molecule is CCC(C)NC(C(N)=O)c1cn(C)nc1C(C)(C)C. The molecule has 1 aromatic rings. The molecule has 2 unspecified atom stereocenters. The lowest BCUT2D eigenvalue weighted by Crippen LogP contribution is -2.39. The fourth-order valence-electron chi connectivity index (χ4n) is 2.03. The van der Waals surface area contributed by atoms with Crippen LogP contribution in [0.5, 0.6) is 0 Å². The van der Waals surface area contributed by atoms with Crippen LogP contribution in [0.4, 0.5) is 0 Å². The maximum Gasteiger partial charge on any atom is 0.239 e. The zero-order chi connectivity index (χ0) is 14.8. The number of hydrogen-bond donors (Lipinski definition) is 2. The summed E-state index contributed by atoms with van der Waals surface area (Å²) >= 11 is 0. The van der Waals surface area contributed by atoms with Crippen LogP contribution in [-0.2, 0) is 17.3 Å². The molecule has 19 heavy (non-hydrogen) atoms. The number of hydrogen-bond acceptors (Lipinski definition) is 3. The average Bonchev–Trinajstić information content (AvgIpc) is 2.66. The third-order valence-corrected chi connectivity index (χ3v) is 3.23. The lowest BCUT2D eigenvalue weighted by atomic mass is 9.87. The maximum atomic E-state index is 11.8. The lowest BCUT2D eigenvalue weighted by molar-refractivity contribution is -0.120. The molecule has 0 fully saturated rings. The van der Waals surface area contributed by atoms with Gasteiger partial charge in [-0.15, -0.1) is 0 Å². The van der Waals surface area contributed by atoms with E-state index in [-0.39, 0.29) is 17.4 Å². The number of aromatic nitrogens is 2. The second kappa shape index (κ2) is 5.74. The highest BCUT2D eigenvalue weighted by Gasteiger charge is 2.29. The van der Waals surface area contributed by atoms with Crippen molar-refractivity contribution in [3.05, 3.63) is 17.5 Å². The number of nitrogens with zero attached hydrogens (tertiary/aromatic N) is 2. The number of nitrogens with two attached hydrogens (primary N) is 1. The number of carbonyl (C=O) groups is 1. The molecule has 1 heterocycles. The van der Waals surface area contributed by atoms with E-state index in [4.69, 9.17) is 5.73 Å². The number of amides is 1. The third-order valence-electron chi connectivity index (χ3n) is 3.23. The molecule has 3 N–H and O–H groups in total. The minimum Gasteiger partial charge on any atom is -0.368 e. The van der Waals surface area contributed by atoms with Crippen molar-refractivity contribution in [1.82, 2.24) is 15.1 Å². The van der Waals surface area contributed by atoms with Crippen molar-refractivity contribution in [3.63, 3.8) is 0 Å². The van der Waals surface area contributed by atoms with Gasteiger partial charge in [0, 0.05) is 30.3 Å². The molecule has 1 amide bonds. The molecular formula is C14H26N4O. The molecule has 1 aromatic heterocycles. The number of aryl methyl sites for hydroxylation is 1. The molecule has 0 saturated heterocycles. The van der Waals surface area contributed by atoms with Gasteiger partial charge in [-0.25, -0.2) is 0 Å². The normalized spacial score (nSPS) is 15.3. The van der Waals surface area contributed by atoms with Crippen molar-refractivity contribution < 1.29 is 4.79 Å². The second-order valence-corrected chi connectivity index (χ2v) is 6.17. The molecular weight excluding hydrogens is 240 g/mol. The monoisotopic (exact) mass is 266 g/mol. The Morgan fingerprint density at radius 2 is 2.11 bits per heavy atom. The Morgan fingerprint density at radius 1 is 1.53 bits per heavy atom.